The standard InChI is InChI=1S/C20H21FN4O2/c21-16-5-3-4-15(12-16)20-24-23-18(27-20)13-25-10-7-14(8-11-25)19(26)17-6-1-2-9-22-17/h1-6,9,12,14,19,26H,7-8,10-11,13H2/t19-/m0/s1. The fourth-order valence-corrected chi connectivity index (χ4v) is 3.47. The molecule has 1 N–H and O–H groups in total. The van der Waals surface area contributed by atoms with Gasteiger partial charge >= 0.3 is 0 Å². The van der Waals surface area contributed by atoms with Crippen molar-refractivity contribution < 1.29 is 13.9 Å². The van der Waals surface area contributed by atoms with Crippen LogP contribution in [0.5, 0.6) is 0 Å². The fraction of sp³-hybridized carbons (Fsp3) is 0.350. The monoisotopic (exact) mass is 368 g/mol. The number of nitrogens with zero attached hydrogens (tertiary/aromatic N) is 4. The molecule has 0 radical (unpaired) electrons. The molecule has 1 atom stereocenters. The molecule has 3 heterocycles. The maximum absolute atomic E-state index is 13.3. The first kappa shape index (κ1) is 17.8. The first-order chi connectivity index (χ1) is 13.2. The Labute approximate surface area is 156 Å². The molecule has 0 bridgehead atoms. The SMILES string of the molecule is O[C@H](c1ccccn1)C1CCN(Cc2nnc(-c3cccc(F)c3)o2)CC1. The summed E-state index contributed by atoms with van der Waals surface area (Å²) in [4.78, 5) is 6.48. The zero-order valence-corrected chi connectivity index (χ0v) is 14.8. The highest BCUT2D eigenvalue weighted by Crippen LogP contribution is 2.30. The highest BCUT2D eigenvalue weighted by atomic mass is 19.1. The predicted molar refractivity (Wildman–Crippen MR) is 96.9 cm³/mol. The van der Waals surface area contributed by atoms with Crippen molar-refractivity contribution in [3.05, 3.63) is 66.1 Å². The Hall–Kier alpha value is -2.64. The second kappa shape index (κ2) is 7.94. The van der Waals surface area contributed by atoms with Crippen molar-refractivity contribution in [2.75, 3.05) is 13.1 Å². The molecule has 3 aromatic rings. The van der Waals surface area contributed by atoms with Gasteiger partial charge in [0, 0.05) is 11.8 Å². The number of aromatic nitrogens is 3. The van der Waals surface area contributed by atoms with Crippen LogP contribution in [0.1, 0.15) is 30.5 Å². The van der Waals surface area contributed by atoms with Crippen LogP contribution in [0.25, 0.3) is 11.5 Å². The average molecular weight is 368 g/mol. The van der Waals surface area contributed by atoms with Crippen LogP contribution in [0.2, 0.25) is 0 Å². The van der Waals surface area contributed by atoms with Crippen LogP contribution in [0, 0.1) is 11.7 Å². The van der Waals surface area contributed by atoms with E-state index in [1.54, 1.807) is 18.3 Å². The second-order valence-corrected chi connectivity index (χ2v) is 6.82. The number of hydrogen-bond acceptors (Lipinski definition) is 6. The summed E-state index contributed by atoms with van der Waals surface area (Å²) < 4.78 is 19.0. The minimum absolute atomic E-state index is 0.196. The molecule has 1 aliphatic heterocycles. The number of hydrogen-bond donors (Lipinski definition) is 1. The molecule has 1 fully saturated rings. The Kier molecular flexibility index (Phi) is 5.22. The molecule has 4 rings (SSSR count). The van der Waals surface area contributed by atoms with E-state index >= 15 is 0 Å². The molecule has 1 aromatic carbocycles. The number of halogens is 1. The Morgan fingerprint density at radius 3 is 2.74 bits per heavy atom. The lowest BCUT2D eigenvalue weighted by atomic mass is 9.89. The summed E-state index contributed by atoms with van der Waals surface area (Å²) in [6.07, 6.45) is 2.93. The van der Waals surface area contributed by atoms with Crippen molar-refractivity contribution >= 4 is 0 Å². The van der Waals surface area contributed by atoms with E-state index in [4.69, 9.17) is 4.42 Å². The van der Waals surface area contributed by atoms with E-state index in [0.29, 0.717) is 23.9 Å². The molecular weight excluding hydrogens is 347 g/mol. The van der Waals surface area contributed by atoms with Crippen LogP contribution in [0.15, 0.2) is 53.1 Å². The molecule has 0 unspecified atom stereocenters. The zero-order valence-electron chi connectivity index (χ0n) is 14.8. The van der Waals surface area contributed by atoms with Crippen LogP contribution >= 0.6 is 0 Å². The summed E-state index contributed by atoms with van der Waals surface area (Å²) >= 11 is 0. The summed E-state index contributed by atoms with van der Waals surface area (Å²) in [6.45, 7) is 2.23. The van der Waals surface area contributed by atoms with E-state index in [9.17, 15) is 9.50 Å². The van der Waals surface area contributed by atoms with E-state index in [1.807, 2.05) is 18.2 Å². The third-order valence-corrected chi connectivity index (χ3v) is 4.97. The molecule has 0 amide bonds. The van der Waals surface area contributed by atoms with Gasteiger partial charge < -0.3 is 9.52 Å². The van der Waals surface area contributed by atoms with Crippen molar-refractivity contribution in [1.29, 1.82) is 0 Å². The highest BCUT2D eigenvalue weighted by Gasteiger charge is 2.27. The van der Waals surface area contributed by atoms with E-state index < -0.39 is 6.10 Å². The van der Waals surface area contributed by atoms with Gasteiger partial charge in [0.2, 0.25) is 11.8 Å². The lowest BCUT2D eigenvalue weighted by molar-refractivity contribution is 0.0517. The molecule has 0 spiro atoms. The summed E-state index contributed by atoms with van der Waals surface area (Å²) in [5, 5.41) is 18.6. The Morgan fingerprint density at radius 1 is 1.15 bits per heavy atom. The molecule has 1 aliphatic rings. The van der Waals surface area contributed by atoms with Gasteiger partial charge in [-0.3, -0.25) is 9.88 Å². The summed E-state index contributed by atoms with van der Waals surface area (Å²) in [5.74, 6) is 0.699. The van der Waals surface area contributed by atoms with Gasteiger partial charge in [-0.15, -0.1) is 10.2 Å². The Bertz CT molecular complexity index is 878. The minimum Gasteiger partial charge on any atom is -0.419 e. The normalized spacial score (nSPS) is 17.1. The summed E-state index contributed by atoms with van der Waals surface area (Å²) in [6, 6.07) is 11.7. The Balaban J connectivity index is 1.33. The van der Waals surface area contributed by atoms with Gasteiger partial charge in [-0.25, -0.2) is 4.39 Å². The fourth-order valence-electron chi connectivity index (χ4n) is 3.47. The second-order valence-electron chi connectivity index (χ2n) is 6.82. The first-order valence-electron chi connectivity index (χ1n) is 9.09. The van der Waals surface area contributed by atoms with Gasteiger partial charge in [0.05, 0.1) is 18.3 Å². The number of aliphatic hydroxyl groups excluding tert-OH is 1. The van der Waals surface area contributed by atoms with E-state index in [1.165, 1.54) is 12.1 Å². The molecule has 7 heteroatoms. The van der Waals surface area contributed by atoms with Gasteiger partial charge in [-0.2, -0.15) is 0 Å². The topological polar surface area (TPSA) is 75.3 Å². The number of likely N-dealkylation sites (tertiary alicyclic amines) is 1. The van der Waals surface area contributed by atoms with Crippen molar-refractivity contribution in [3.8, 4) is 11.5 Å². The van der Waals surface area contributed by atoms with E-state index in [2.05, 4.69) is 20.1 Å². The highest BCUT2D eigenvalue weighted by molar-refractivity contribution is 5.52. The van der Waals surface area contributed by atoms with Crippen molar-refractivity contribution in [1.82, 2.24) is 20.1 Å². The minimum atomic E-state index is -0.531. The number of aliphatic hydroxyl groups is 1. The summed E-state index contributed by atoms with van der Waals surface area (Å²) in [7, 11) is 0. The number of benzene rings is 1. The number of pyridine rings is 1. The van der Waals surface area contributed by atoms with E-state index in [-0.39, 0.29) is 11.7 Å². The smallest absolute Gasteiger partial charge is 0.247 e. The third kappa shape index (κ3) is 4.20. The molecular formula is C20H21FN4O2. The first-order valence-corrected chi connectivity index (χ1v) is 9.09. The van der Waals surface area contributed by atoms with Crippen LogP contribution < -0.4 is 0 Å². The average Bonchev–Trinajstić information content (AvgIpc) is 3.17. The van der Waals surface area contributed by atoms with Crippen LogP contribution in [-0.2, 0) is 6.54 Å². The maximum atomic E-state index is 13.3. The van der Waals surface area contributed by atoms with E-state index in [0.717, 1.165) is 31.6 Å². The van der Waals surface area contributed by atoms with Gasteiger partial charge in [0.25, 0.3) is 0 Å². The Morgan fingerprint density at radius 2 is 2.00 bits per heavy atom. The van der Waals surface area contributed by atoms with Gasteiger partial charge in [0.1, 0.15) is 5.82 Å². The van der Waals surface area contributed by atoms with Gasteiger partial charge in [-0.1, -0.05) is 12.1 Å². The predicted octanol–water partition coefficient (Wildman–Crippen LogP) is 3.22. The lowest BCUT2D eigenvalue weighted by Gasteiger charge is -2.33. The summed E-state index contributed by atoms with van der Waals surface area (Å²) in [5.41, 5.74) is 1.30. The zero-order chi connectivity index (χ0) is 18.6. The molecule has 0 saturated carbocycles. The molecule has 140 valence electrons. The largest absolute Gasteiger partial charge is 0.419 e. The number of rotatable bonds is 5. The van der Waals surface area contributed by atoms with Crippen LogP contribution in [0.4, 0.5) is 4.39 Å². The van der Waals surface area contributed by atoms with Gasteiger partial charge in [-0.05, 0) is 62.2 Å². The van der Waals surface area contributed by atoms with Crippen LogP contribution in [-0.4, -0.2) is 38.3 Å². The quantitative estimate of drug-likeness (QED) is 0.745. The molecule has 6 nitrogen and oxygen atoms in total. The third-order valence-electron chi connectivity index (χ3n) is 4.97. The number of piperidine rings is 1. The lowest BCUT2D eigenvalue weighted by Crippen LogP contribution is -2.35. The van der Waals surface area contributed by atoms with Crippen molar-refractivity contribution in [3.63, 3.8) is 0 Å². The molecule has 27 heavy (non-hydrogen) atoms. The van der Waals surface area contributed by atoms with Crippen molar-refractivity contribution in [2.45, 2.75) is 25.5 Å². The van der Waals surface area contributed by atoms with Crippen molar-refractivity contribution in [2.24, 2.45) is 5.92 Å². The van der Waals surface area contributed by atoms with Gasteiger partial charge in [0.15, 0.2) is 0 Å². The molecule has 2 aromatic heterocycles. The molecule has 0 aliphatic carbocycles. The molecule has 1 saturated heterocycles. The maximum Gasteiger partial charge on any atom is 0.247 e. The van der Waals surface area contributed by atoms with Crippen LogP contribution in [0.3, 0.4) is 0 Å².